The molecule has 0 aliphatic carbocycles. The second kappa shape index (κ2) is 9.57. The van der Waals surface area contributed by atoms with Crippen molar-refractivity contribution < 1.29 is 14.3 Å². The van der Waals surface area contributed by atoms with Gasteiger partial charge in [0.15, 0.2) is 0 Å². The molecule has 0 radical (unpaired) electrons. The summed E-state index contributed by atoms with van der Waals surface area (Å²) in [5, 5.41) is 5.66. The molecule has 0 heterocycles. The third kappa shape index (κ3) is 5.68. The summed E-state index contributed by atoms with van der Waals surface area (Å²) >= 11 is 0. The monoisotopic (exact) mass is 438 g/mol. The maximum absolute atomic E-state index is 12.3. The number of nitrogens with two attached hydrogens (primary N) is 2. The summed E-state index contributed by atoms with van der Waals surface area (Å²) in [6.45, 7) is 0. The minimum Gasteiger partial charge on any atom is -0.457 e. The molecule has 4 aromatic rings. The Bertz CT molecular complexity index is 1150. The van der Waals surface area contributed by atoms with E-state index in [0.29, 0.717) is 45.4 Å². The molecular formula is C26H22N4O3. The normalized spacial score (nSPS) is 10.3. The standard InChI is InChI=1S/C26H22N4O3/c27-19-5-1-17(2-6-19)25(31)29-21-9-13-23(14-10-21)33-24-15-11-22(12-16-24)30-26(32)18-3-7-20(28)8-4-18/h1-16H,27-28H2,(H,29,31)(H,30,32). The summed E-state index contributed by atoms with van der Waals surface area (Å²) < 4.78 is 5.84. The van der Waals surface area contributed by atoms with Crippen LogP contribution in [-0.2, 0) is 0 Å². The summed E-state index contributed by atoms with van der Waals surface area (Å²) in [4.78, 5) is 24.6. The summed E-state index contributed by atoms with van der Waals surface area (Å²) in [7, 11) is 0. The molecule has 7 heteroatoms. The van der Waals surface area contributed by atoms with Crippen LogP contribution in [0.5, 0.6) is 11.5 Å². The Labute approximate surface area is 191 Å². The van der Waals surface area contributed by atoms with Crippen molar-refractivity contribution in [2.24, 2.45) is 0 Å². The zero-order valence-corrected chi connectivity index (χ0v) is 17.6. The molecule has 0 saturated carbocycles. The molecule has 2 amide bonds. The molecule has 0 atom stereocenters. The van der Waals surface area contributed by atoms with Crippen molar-refractivity contribution >= 4 is 34.6 Å². The molecule has 0 spiro atoms. The number of hydrogen-bond acceptors (Lipinski definition) is 5. The van der Waals surface area contributed by atoms with Crippen LogP contribution in [-0.4, -0.2) is 11.8 Å². The van der Waals surface area contributed by atoms with E-state index in [0.717, 1.165) is 0 Å². The molecule has 0 fully saturated rings. The van der Waals surface area contributed by atoms with Crippen LogP contribution in [0, 0.1) is 0 Å². The maximum Gasteiger partial charge on any atom is 0.255 e. The highest BCUT2D eigenvalue weighted by Crippen LogP contribution is 2.25. The van der Waals surface area contributed by atoms with Gasteiger partial charge in [-0.2, -0.15) is 0 Å². The SMILES string of the molecule is Nc1ccc(C(=O)Nc2ccc(Oc3ccc(NC(=O)c4ccc(N)cc4)cc3)cc2)cc1. The molecule has 0 bridgehead atoms. The van der Waals surface area contributed by atoms with Gasteiger partial charge in [-0.15, -0.1) is 0 Å². The molecule has 164 valence electrons. The summed E-state index contributed by atoms with van der Waals surface area (Å²) in [5.41, 5.74) is 14.8. The van der Waals surface area contributed by atoms with E-state index >= 15 is 0 Å². The number of nitrogen functional groups attached to an aromatic ring is 2. The number of rotatable bonds is 6. The molecule has 6 N–H and O–H groups in total. The number of nitrogens with one attached hydrogen (secondary N) is 2. The van der Waals surface area contributed by atoms with E-state index in [1.165, 1.54) is 0 Å². The highest BCUT2D eigenvalue weighted by molar-refractivity contribution is 6.05. The molecule has 7 nitrogen and oxygen atoms in total. The van der Waals surface area contributed by atoms with E-state index < -0.39 is 0 Å². The topological polar surface area (TPSA) is 119 Å². The van der Waals surface area contributed by atoms with Crippen molar-refractivity contribution in [2.75, 3.05) is 22.1 Å². The Kier molecular flexibility index (Phi) is 6.22. The fraction of sp³-hybridized carbons (Fsp3) is 0. The van der Waals surface area contributed by atoms with E-state index in [2.05, 4.69) is 10.6 Å². The number of carbonyl (C=O) groups is 2. The van der Waals surface area contributed by atoms with Crippen LogP contribution in [0.4, 0.5) is 22.7 Å². The second-order valence-corrected chi connectivity index (χ2v) is 7.30. The Morgan fingerprint density at radius 2 is 0.848 bits per heavy atom. The van der Waals surface area contributed by atoms with Crippen molar-refractivity contribution in [1.82, 2.24) is 0 Å². The van der Waals surface area contributed by atoms with Crippen LogP contribution >= 0.6 is 0 Å². The van der Waals surface area contributed by atoms with Crippen LogP contribution in [0.15, 0.2) is 97.1 Å². The van der Waals surface area contributed by atoms with Gasteiger partial charge < -0.3 is 26.8 Å². The highest BCUT2D eigenvalue weighted by Gasteiger charge is 2.08. The Balaban J connectivity index is 1.33. The molecule has 4 rings (SSSR count). The van der Waals surface area contributed by atoms with E-state index in [1.807, 2.05) is 0 Å². The highest BCUT2D eigenvalue weighted by atomic mass is 16.5. The average Bonchev–Trinajstić information content (AvgIpc) is 2.82. The van der Waals surface area contributed by atoms with Crippen molar-refractivity contribution in [1.29, 1.82) is 0 Å². The quantitative estimate of drug-likeness (QED) is 0.311. The van der Waals surface area contributed by atoms with Crippen molar-refractivity contribution in [3.8, 4) is 11.5 Å². The van der Waals surface area contributed by atoms with Gasteiger partial charge in [-0.1, -0.05) is 0 Å². The van der Waals surface area contributed by atoms with Crippen molar-refractivity contribution in [2.45, 2.75) is 0 Å². The minimum absolute atomic E-state index is 0.222. The number of carbonyl (C=O) groups excluding carboxylic acids is 2. The predicted molar refractivity (Wildman–Crippen MR) is 131 cm³/mol. The first-order valence-corrected chi connectivity index (χ1v) is 10.2. The lowest BCUT2D eigenvalue weighted by Gasteiger charge is -2.10. The first kappa shape index (κ1) is 21.5. The maximum atomic E-state index is 12.3. The van der Waals surface area contributed by atoms with Gasteiger partial charge in [-0.3, -0.25) is 9.59 Å². The molecule has 0 aromatic heterocycles. The fourth-order valence-electron chi connectivity index (χ4n) is 3.02. The molecule has 0 aliphatic heterocycles. The van der Waals surface area contributed by atoms with Gasteiger partial charge in [-0.05, 0) is 97.1 Å². The van der Waals surface area contributed by atoms with Crippen molar-refractivity contribution in [3.05, 3.63) is 108 Å². The molecular weight excluding hydrogens is 416 g/mol. The summed E-state index contributed by atoms with van der Waals surface area (Å²) in [6.07, 6.45) is 0. The number of ether oxygens (including phenoxy) is 1. The minimum atomic E-state index is -0.222. The number of benzene rings is 4. The molecule has 0 unspecified atom stereocenters. The van der Waals surface area contributed by atoms with Crippen LogP contribution in [0.3, 0.4) is 0 Å². The predicted octanol–water partition coefficient (Wildman–Crippen LogP) is 5.15. The summed E-state index contributed by atoms with van der Waals surface area (Å²) in [6, 6.07) is 27.5. The van der Waals surface area contributed by atoms with Gasteiger partial charge in [0.2, 0.25) is 0 Å². The Morgan fingerprint density at radius 1 is 0.515 bits per heavy atom. The van der Waals surface area contributed by atoms with Crippen LogP contribution < -0.4 is 26.8 Å². The largest absolute Gasteiger partial charge is 0.457 e. The van der Waals surface area contributed by atoms with E-state index in [4.69, 9.17) is 16.2 Å². The van der Waals surface area contributed by atoms with Crippen LogP contribution in [0.1, 0.15) is 20.7 Å². The zero-order chi connectivity index (χ0) is 23.2. The molecule has 33 heavy (non-hydrogen) atoms. The van der Waals surface area contributed by atoms with Crippen LogP contribution in [0.2, 0.25) is 0 Å². The average molecular weight is 438 g/mol. The third-order valence-electron chi connectivity index (χ3n) is 4.81. The Morgan fingerprint density at radius 3 is 1.18 bits per heavy atom. The number of anilines is 4. The van der Waals surface area contributed by atoms with Gasteiger partial charge in [0, 0.05) is 33.9 Å². The molecule has 4 aromatic carbocycles. The lowest BCUT2D eigenvalue weighted by Crippen LogP contribution is -2.11. The lowest BCUT2D eigenvalue weighted by molar-refractivity contribution is 0.101. The van der Waals surface area contributed by atoms with E-state index in [-0.39, 0.29) is 11.8 Å². The van der Waals surface area contributed by atoms with Gasteiger partial charge in [-0.25, -0.2) is 0 Å². The smallest absolute Gasteiger partial charge is 0.255 e. The first-order valence-electron chi connectivity index (χ1n) is 10.2. The molecule has 0 saturated heterocycles. The number of amides is 2. The van der Waals surface area contributed by atoms with Gasteiger partial charge >= 0.3 is 0 Å². The second-order valence-electron chi connectivity index (χ2n) is 7.30. The lowest BCUT2D eigenvalue weighted by atomic mass is 10.2. The summed E-state index contributed by atoms with van der Waals surface area (Å²) in [5.74, 6) is 0.777. The van der Waals surface area contributed by atoms with Crippen LogP contribution in [0.25, 0.3) is 0 Å². The first-order chi connectivity index (χ1) is 16.0. The van der Waals surface area contributed by atoms with E-state index in [1.54, 1.807) is 97.1 Å². The third-order valence-corrected chi connectivity index (χ3v) is 4.81. The van der Waals surface area contributed by atoms with E-state index in [9.17, 15) is 9.59 Å². The van der Waals surface area contributed by atoms with Gasteiger partial charge in [0.25, 0.3) is 11.8 Å². The zero-order valence-electron chi connectivity index (χ0n) is 17.6. The molecule has 0 aliphatic rings. The van der Waals surface area contributed by atoms with Gasteiger partial charge in [0.1, 0.15) is 11.5 Å². The fourth-order valence-corrected chi connectivity index (χ4v) is 3.02. The Hall–Kier alpha value is -4.78. The van der Waals surface area contributed by atoms with Gasteiger partial charge in [0.05, 0.1) is 0 Å². The van der Waals surface area contributed by atoms with Crippen molar-refractivity contribution in [3.63, 3.8) is 0 Å². The number of hydrogen-bond donors (Lipinski definition) is 4.